The van der Waals surface area contributed by atoms with E-state index in [0.717, 1.165) is 0 Å². The Balaban J connectivity index is 2.44. The van der Waals surface area contributed by atoms with Crippen molar-refractivity contribution >= 4 is 28.7 Å². The van der Waals surface area contributed by atoms with E-state index < -0.39 is 0 Å². The molecule has 0 spiro atoms. The number of hydrogen-bond donors (Lipinski definition) is 1. The first-order valence-corrected chi connectivity index (χ1v) is 4.29. The lowest BCUT2D eigenvalue weighted by Crippen LogP contribution is -2.04. The standard InChI is InChI=1S/C6H6ClN5O2/c7-1-2-13-5-3-4(12-14-11-3)9-6(8)10-5/h1-2H2,(H2,8,9,12). The average molecular weight is 216 g/mol. The maximum absolute atomic E-state index is 5.46. The van der Waals surface area contributed by atoms with Crippen molar-refractivity contribution in [2.45, 2.75) is 0 Å². The minimum Gasteiger partial charge on any atom is -0.475 e. The molecule has 2 rings (SSSR count). The van der Waals surface area contributed by atoms with Crippen molar-refractivity contribution in [3.05, 3.63) is 0 Å². The van der Waals surface area contributed by atoms with Crippen LogP contribution in [-0.4, -0.2) is 32.8 Å². The molecule has 0 aromatic carbocycles. The van der Waals surface area contributed by atoms with E-state index in [1.54, 1.807) is 0 Å². The number of alkyl halides is 1. The van der Waals surface area contributed by atoms with Crippen molar-refractivity contribution < 1.29 is 9.37 Å². The number of nitrogens with zero attached hydrogens (tertiary/aromatic N) is 4. The van der Waals surface area contributed by atoms with Gasteiger partial charge in [-0.1, -0.05) is 0 Å². The third kappa shape index (κ3) is 1.53. The van der Waals surface area contributed by atoms with Gasteiger partial charge in [-0.25, -0.2) is 4.63 Å². The van der Waals surface area contributed by atoms with Gasteiger partial charge in [-0.05, 0) is 10.3 Å². The second-order valence-electron chi connectivity index (χ2n) is 2.36. The number of fused-ring (bicyclic) bond motifs is 1. The van der Waals surface area contributed by atoms with Gasteiger partial charge in [0.1, 0.15) is 6.61 Å². The third-order valence-corrected chi connectivity index (χ3v) is 1.58. The van der Waals surface area contributed by atoms with Crippen LogP contribution in [0.5, 0.6) is 5.88 Å². The summed E-state index contributed by atoms with van der Waals surface area (Å²) in [5.74, 6) is 0.628. The molecule has 2 aromatic rings. The van der Waals surface area contributed by atoms with Crippen molar-refractivity contribution in [2.24, 2.45) is 0 Å². The fraction of sp³-hybridized carbons (Fsp3) is 0.333. The van der Waals surface area contributed by atoms with E-state index in [-0.39, 0.29) is 17.5 Å². The van der Waals surface area contributed by atoms with Gasteiger partial charge >= 0.3 is 0 Å². The lowest BCUT2D eigenvalue weighted by molar-refractivity contribution is 0.308. The zero-order valence-corrected chi connectivity index (χ0v) is 7.73. The third-order valence-electron chi connectivity index (χ3n) is 1.43. The molecular formula is C6H6ClN5O2. The molecule has 0 saturated heterocycles. The Labute approximate surface area is 83.2 Å². The Morgan fingerprint density at radius 3 is 3.00 bits per heavy atom. The molecule has 0 aliphatic carbocycles. The molecule has 0 amide bonds. The second-order valence-corrected chi connectivity index (χ2v) is 2.74. The number of aromatic nitrogens is 4. The van der Waals surface area contributed by atoms with Crippen molar-refractivity contribution in [3.8, 4) is 5.88 Å². The van der Waals surface area contributed by atoms with Gasteiger partial charge in [-0.15, -0.1) is 11.6 Å². The molecule has 14 heavy (non-hydrogen) atoms. The molecule has 7 nitrogen and oxygen atoms in total. The van der Waals surface area contributed by atoms with Crippen LogP contribution in [0.3, 0.4) is 0 Å². The first-order chi connectivity index (χ1) is 6.81. The number of nitrogens with two attached hydrogens (primary N) is 1. The summed E-state index contributed by atoms with van der Waals surface area (Å²) in [6.07, 6.45) is 0. The first kappa shape index (κ1) is 8.95. The smallest absolute Gasteiger partial charge is 0.251 e. The molecular weight excluding hydrogens is 210 g/mol. The van der Waals surface area contributed by atoms with Crippen LogP contribution in [0.25, 0.3) is 11.2 Å². The molecule has 74 valence electrons. The summed E-state index contributed by atoms with van der Waals surface area (Å²) in [7, 11) is 0. The fourth-order valence-corrected chi connectivity index (χ4v) is 0.996. The van der Waals surface area contributed by atoms with Crippen LogP contribution in [0.4, 0.5) is 5.95 Å². The molecule has 2 heterocycles. The SMILES string of the molecule is Nc1nc(OCCCl)c2nonc2n1. The van der Waals surface area contributed by atoms with Gasteiger partial charge in [0.25, 0.3) is 5.88 Å². The molecule has 2 aromatic heterocycles. The molecule has 0 aliphatic rings. The van der Waals surface area contributed by atoms with Crippen LogP contribution in [0.15, 0.2) is 4.63 Å². The Bertz CT molecular complexity index is 445. The van der Waals surface area contributed by atoms with Gasteiger partial charge in [-0.2, -0.15) is 9.97 Å². The van der Waals surface area contributed by atoms with Crippen LogP contribution >= 0.6 is 11.6 Å². The van der Waals surface area contributed by atoms with Gasteiger partial charge in [0.15, 0.2) is 0 Å². The number of halogens is 1. The van der Waals surface area contributed by atoms with Crippen molar-refractivity contribution in [1.29, 1.82) is 0 Å². The predicted octanol–water partition coefficient (Wildman–Crippen LogP) is 0.213. The fourth-order valence-electron chi connectivity index (χ4n) is 0.918. The minimum atomic E-state index is 0.0535. The monoisotopic (exact) mass is 215 g/mol. The molecule has 0 aliphatic heterocycles. The Morgan fingerprint density at radius 2 is 2.21 bits per heavy atom. The van der Waals surface area contributed by atoms with Crippen molar-refractivity contribution in [3.63, 3.8) is 0 Å². The Hall–Kier alpha value is -1.63. The maximum atomic E-state index is 5.46. The quantitative estimate of drug-likeness (QED) is 0.731. The predicted molar refractivity (Wildman–Crippen MR) is 48.0 cm³/mol. The minimum absolute atomic E-state index is 0.0535. The molecule has 0 atom stereocenters. The molecule has 2 N–H and O–H groups in total. The van der Waals surface area contributed by atoms with Crippen LogP contribution in [-0.2, 0) is 0 Å². The van der Waals surface area contributed by atoms with E-state index in [2.05, 4.69) is 24.9 Å². The molecule has 0 bridgehead atoms. The van der Waals surface area contributed by atoms with E-state index in [9.17, 15) is 0 Å². The highest BCUT2D eigenvalue weighted by molar-refractivity contribution is 6.18. The number of hydrogen-bond acceptors (Lipinski definition) is 7. The number of nitrogen functional groups attached to an aromatic ring is 1. The molecule has 0 unspecified atom stereocenters. The summed E-state index contributed by atoms with van der Waals surface area (Å²) in [6, 6.07) is 0. The summed E-state index contributed by atoms with van der Waals surface area (Å²) in [6.45, 7) is 0.306. The Morgan fingerprint density at radius 1 is 1.36 bits per heavy atom. The normalized spacial score (nSPS) is 10.6. The van der Waals surface area contributed by atoms with Crippen LogP contribution in [0.2, 0.25) is 0 Å². The number of anilines is 1. The zero-order chi connectivity index (χ0) is 9.97. The average Bonchev–Trinajstić information content (AvgIpc) is 2.61. The van der Waals surface area contributed by atoms with Crippen LogP contribution in [0, 0.1) is 0 Å². The molecule has 0 fully saturated rings. The lowest BCUT2D eigenvalue weighted by atomic mass is 10.5. The zero-order valence-electron chi connectivity index (χ0n) is 6.97. The van der Waals surface area contributed by atoms with E-state index >= 15 is 0 Å². The van der Waals surface area contributed by atoms with Gasteiger partial charge in [0.2, 0.25) is 17.1 Å². The summed E-state index contributed by atoms with van der Waals surface area (Å²) >= 11 is 5.46. The summed E-state index contributed by atoms with van der Waals surface area (Å²) in [5.41, 5.74) is 6.01. The van der Waals surface area contributed by atoms with Crippen molar-refractivity contribution in [1.82, 2.24) is 20.3 Å². The van der Waals surface area contributed by atoms with E-state index in [1.807, 2.05) is 0 Å². The topological polar surface area (TPSA) is 100.0 Å². The van der Waals surface area contributed by atoms with E-state index in [1.165, 1.54) is 0 Å². The van der Waals surface area contributed by atoms with Gasteiger partial charge < -0.3 is 10.5 Å². The summed E-state index contributed by atoms with van der Waals surface area (Å²) < 4.78 is 9.65. The van der Waals surface area contributed by atoms with E-state index in [4.69, 9.17) is 22.1 Å². The molecule has 8 heteroatoms. The van der Waals surface area contributed by atoms with Crippen LogP contribution < -0.4 is 10.5 Å². The molecule has 0 radical (unpaired) electrons. The lowest BCUT2D eigenvalue weighted by Gasteiger charge is -2.01. The first-order valence-electron chi connectivity index (χ1n) is 3.76. The van der Waals surface area contributed by atoms with Crippen molar-refractivity contribution in [2.75, 3.05) is 18.2 Å². The highest BCUT2D eigenvalue weighted by Gasteiger charge is 2.12. The number of ether oxygens (including phenoxy) is 1. The summed E-state index contributed by atoms with van der Waals surface area (Å²) in [5, 5.41) is 7.10. The molecule has 0 saturated carbocycles. The second kappa shape index (κ2) is 3.62. The van der Waals surface area contributed by atoms with E-state index in [0.29, 0.717) is 18.0 Å². The van der Waals surface area contributed by atoms with Gasteiger partial charge in [0.05, 0.1) is 5.88 Å². The van der Waals surface area contributed by atoms with Gasteiger partial charge in [0, 0.05) is 0 Å². The Kier molecular flexibility index (Phi) is 2.32. The van der Waals surface area contributed by atoms with Gasteiger partial charge in [-0.3, -0.25) is 0 Å². The number of rotatable bonds is 3. The highest BCUT2D eigenvalue weighted by Crippen LogP contribution is 2.19. The largest absolute Gasteiger partial charge is 0.475 e. The summed E-state index contributed by atoms with van der Waals surface area (Å²) in [4.78, 5) is 7.63. The van der Waals surface area contributed by atoms with Crippen LogP contribution in [0.1, 0.15) is 0 Å². The highest BCUT2D eigenvalue weighted by atomic mass is 35.5. The maximum Gasteiger partial charge on any atom is 0.251 e.